The molecule has 0 heterocycles. The molecule has 4 aliphatic rings. The van der Waals surface area contributed by atoms with Gasteiger partial charge in [-0.1, -0.05) is 19.4 Å². The van der Waals surface area contributed by atoms with Crippen LogP contribution in [0.3, 0.4) is 0 Å². The van der Waals surface area contributed by atoms with Gasteiger partial charge in [0, 0.05) is 13.2 Å². The summed E-state index contributed by atoms with van der Waals surface area (Å²) >= 11 is 0. The molecule has 0 aromatic rings. The van der Waals surface area contributed by atoms with Crippen LogP contribution in [-0.2, 0) is 4.74 Å². The normalized spacial score (nSPS) is 54.9. The van der Waals surface area contributed by atoms with Crippen molar-refractivity contribution >= 4 is 0 Å². The predicted octanol–water partition coefficient (Wildman–Crippen LogP) is 4.85. The van der Waals surface area contributed by atoms with Crippen molar-refractivity contribution in [1.29, 1.82) is 5.26 Å². The first-order valence-electron chi connectivity index (χ1n) is 10.6. The second-order valence-electron chi connectivity index (χ2n) is 10.4. The minimum Gasteiger partial charge on any atom is -0.387 e. The van der Waals surface area contributed by atoms with Gasteiger partial charge in [-0.2, -0.15) is 5.26 Å². The molecule has 0 saturated heterocycles. The van der Waals surface area contributed by atoms with Crippen LogP contribution in [0.1, 0.15) is 72.1 Å². The van der Waals surface area contributed by atoms with E-state index in [1.165, 1.54) is 37.7 Å². The Bertz CT molecular complexity index is 647. The average Bonchev–Trinajstić information content (AvgIpc) is 2.92. The molecule has 26 heavy (non-hydrogen) atoms. The minimum absolute atomic E-state index is 0.0477. The topological polar surface area (TPSA) is 53.2 Å². The second kappa shape index (κ2) is 6.08. The Morgan fingerprint density at radius 3 is 2.58 bits per heavy atom. The molecule has 0 amide bonds. The number of nitriles is 1. The fourth-order valence-corrected chi connectivity index (χ4v) is 7.94. The number of ether oxygens (including phenoxy) is 1. The third-order valence-corrected chi connectivity index (χ3v) is 9.41. The highest BCUT2D eigenvalue weighted by molar-refractivity contribution is 5.28. The third-order valence-electron chi connectivity index (χ3n) is 9.41. The first-order chi connectivity index (χ1) is 12.3. The molecule has 0 bridgehead atoms. The Hall–Kier alpha value is -0.850. The summed E-state index contributed by atoms with van der Waals surface area (Å²) in [5.41, 5.74) is 1.26. The number of fused-ring (bicyclic) bond motifs is 5. The molecule has 4 rings (SSSR count). The highest BCUT2D eigenvalue weighted by Crippen LogP contribution is 2.68. The summed E-state index contributed by atoms with van der Waals surface area (Å²) in [4.78, 5) is 0. The quantitative estimate of drug-likeness (QED) is 0.682. The molecule has 1 N–H and O–H groups in total. The standard InChI is InChI=1S/C23H35NO2/c1-21-11-9-19-17(18(21)8-6-15(21)10-12-24)7-5-16-13-23(3,25)20(26-4)14-22(16,19)2/h10,16-20,25H,5-9,11,13-14H2,1-4H3/b15-10-/t16-,17?,18-,19-,20-,21?,22?,23-/m0/s1. The van der Waals surface area contributed by atoms with Gasteiger partial charge in [0.15, 0.2) is 0 Å². The summed E-state index contributed by atoms with van der Waals surface area (Å²) in [6.07, 6.45) is 11.1. The van der Waals surface area contributed by atoms with Gasteiger partial charge in [-0.25, -0.2) is 0 Å². The van der Waals surface area contributed by atoms with Gasteiger partial charge in [0.2, 0.25) is 0 Å². The molecular formula is C23H35NO2. The number of aliphatic hydroxyl groups is 1. The molecule has 4 saturated carbocycles. The van der Waals surface area contributed by atoms with Gasteiger partial charge < -0.3 is 9.84 Å². The Kier molecular flexibility index (Phi) is 4.33. The Balaban J connectivity index is 1.64. The van der Waals surface area contributed by atoms with Gasteiger partial charge >= 0.3 is 0 Å². The number of hydrogen-bond donors (Lipinski definition) is 1. The molecule has 4 aliphatic carbocycles. The summed E-state index contributed by atoms with van der Waals surface area (Å²) in [6.45, 7) is 6.90. The van der Waals surface area contributed by atoms with Gasteiger partial charge in [-0.3, -0.25) is 0 Å². The van der Waals surface area contributed by atoms with E-state index in [0.29, 0.717) is 5.92 Å². The molecular weight excluding hydrogens is 322 g/mol. The zero-order chi connectivity index (χ0) is 18.7. The lowest BCUT2D eigenvalue weighted by molar-refractivity contribution is -0.195. The molecule has 3 heteroatoms. The number of methoxy groups -OCH3 is 1. The highest BCUT2D eigenvalue weighted by Gasteiger charge is 2.61. The minimum atomic E-state index is -0.689. The van der Waals surface area contributed by atoms with Crippen molar-refractivity contribution in [3.63, 3.8) is 0 Å². The smallest absolute Gasteiger partial charge is 0.0911 e. The van der Waals surface area contributed by atoms with Crippen LogP contribution < -0.4 is 0 Å². The highest BCUT2D eigenvalue weighted by atomic mass is 16.5. The maximum Gasteiger partial charge on any atom is 0.0911 e. The van der Waals surface area contributed by atoms with E-state index in [4.69, 9.17) is 4.74 Å². The van der Waals surface area contributed by atoms with Crippen molar-refractivity contribution in [3.8, 4) is 6.07 Å². The van der Waals surface area contributed by atoms with Gasteiger partial charge in [-0.15, -0.1) is 0 Å². The van der Waals surface area contributed by atoms with Gasteiger partial charge in [0.1, 0.15) is 0 Å². The fraction of sp³-hybridized carbons (Fsp3) is 0.870. The van der Waals surface area contributed by atoms with Crippen LogP contribution in [0.4, 0.5) is 0 Å². The number of nitrogens with zero attached hydrogens (tertiary/aromatic N) is 1. The van der Waals surface area contributed by atoms with Crippen LogP contribution in [-0.4, -0.2) is 23.9 Å². The number of rotatable bonds is 1. The van der Waals surface area contributed by atoms with Crippen LogP contribution in [0.15, 0.2) is 11.6 Å². The van der Waals surface area contributed by atoms with Gasteiger partial charge in [0.05, 0.1) is 17.8 Å². The van der Waals surface area contributed by atoms with Crippen LogP contribution >= 0.6 is 0 Å². The van der Waals surface area contributed by atoms with Crippen molar-refractivity contribution in [2.24, 2.45) is 34.5 Å². The molecule has 0 spiro atoms. The summed E-state index contributed by atoms with van der Waals surface area (Å²) in [5, 5.41) is 20.1. The number of allylic oxidation sites excluding steroid dienone is 2. The number of hydrogen-bond acceptors (Lipinski definition) is 3. The fourth-order valence-electron chi connectivity index (χ4n) is 7.94. The lowest BCUT2D eigenvalue weighted by Gasteiger charge is -2.62. The monoisotopic (exact) mass is 357 g/mol. The average molecular weight is 358 g/mol. The molecule has 0 aromatic heterocycles. The van der Waals surface area contributed by atoms with E-state index in [-0.39, 0.29) is 16.9 Å². The zero-order valence-electron chi connectivity index (χ0n) is 16.9. The summed E-state index contributed by atoms with van der Waals surface area (Å²) in [7, 11) is 1.76. The third kappa shape index (κ3) is 2.45. The molecule has 8 atom stereocenters. The predicted molar refractivity (Wildman–Crippen MR) is 102 cm³/mol. The van der Waals surface area contributed by atoms with Crippen molar-refractivity contribution in [3.05, 3.63) is 11.6 Å². The largest absolute Gasteiger partial charge is 0.387 e. The lowest BCUT2D eigenvalue weighted by Crippen LogP contribution is -2.59. The maximum atomic E-state index is 10.9. The van der Waals surface area contributed by atoms with Crippen molar-refractivity contribution < 1.29 is 9.84 Å². The Labute approximate surface area is 158 Å². The molecule has 0 radical (unpaired) electrons. The molecule has 4 fully saturated rings. The molecule has 0 aromatic carbocycles. The summed E-state index contributed by atoms with van der Waals surface area (Å²) in [6, 6.07) is 2.31. The molecule has 3 nitrogen and oxygen atoms in total. The lowest BCUT2D eigenvalue weighted by atomic mass is 9.44. The van der Waals surface area contributed by atoms with Crippen LogP contribution in [0.2, 0.25) is 0 Å². The van der Waals surface area contributed by atoms with E-state index in [1.54, 1.807) is 7.11 Å². The first-order valence-corrected chi connectivity index (χ1v) is 10.6. The zero-order valence-corrected chi connectivity index (χ0v) is 16.9. The van der Waals surface area contributed by atoms with Crippen LogP contribution in [0.25, 0.3) is 0 Å². The molecule has 144 valence electrons. The second-order valence-corrected chi connectivity index (χ2v) is 10.4. The SMILES string of the molecule is CO[C@H]1CC2(C)[C@@H](CCC3[C@@H]4CC/C(=C/C#N)C4(C)CC[C@@H]32)C[C@]1(C)O. The maximum absolute atomic E-state index is 10.9. The van der Waals surface area contributed by atoms with Gasteiger partial charge in [-0.05, 0) is 92.8 Å². The van der Waals surface area contributed by atoms with Crippen molar-refractivity contribution in [2.45, 2.75) is 83.8 Å². The van der Waals surface area contributed by atoms with Crippen LogP contribution in [0, 0.1) is 45.8 Å². The molecule has 3 unspecified atom stereocenters. The van der Waals surface area contributed by atoms with Crippen LogP contribution in [0.5, 0.6) is 0 Å². The Morgan fingerprint density at radius 2 is 1.88 bits per heavy atom. The van der Waals surface area contributed by atoms with E-state index in [1.807, 2.05) is 13.0 Å². The molecule has 0 aliphatic heterocycles. The van der Waals surface area contributed by atoms with E-state index < -0.39 is 5.60 Å². The van der Waals surface area contributed by atoms with Gasteiger partial charge in [0.25, 0.3) is 0 Å². The summed E-state index contributed by atoms with van der Waals surface area (Å²) in [5.74, 6) is 2.88. The summed E-state index contributed by atoms with van der Waals surface area (Å²) < 4.78 is 5.76. The first kappa shape index (κ1) is 18.5. The van der Waals surface area contributed by atoms with E-state index >= 15 is 0 Å². The van der Waals surface area contributed by atoms with E-state index in [2.05, 4.69) is 19.9 Å². The van der Waals surface area contributed by atoms with E-state index in [9.17, 15) is 10.4 Å². The van der Waals surface area contributed by atoms with E-state index in [0.717, 1.165) is 37.0 Å². The Morgan fingerprint density at radius 1 is 1.12 bits per heavy atom. The van der Waals surface area contributed by atoms with Crippen molar-refractivity contribution in [2.75, 3.05) is 7.11 Å². The van der Waals surface area contributed by atoms with Crippen molar-refractivity contribution in [1.82, 2.24) is 0 Å².